The van der Waals surface area contributed by atoms with Gasteiger partial charge >= 0.3 is 0 Å². The molecule has 2 rings (SSSR count). The quantitative estimate of drug-likeness (QED) is 0.809. The maximum Gasteiger partial charge on any atom is 0.177 e. The number of ketones is 1. The number of Topliss-reactive ketones (excluding diaryl/α,β-unsaturated/α-hetero) is 1. The summed E-state index contributed by atoms with van der Waals surface area (Å²) in [6.45, 7) is 2.02. The van der Waals surface area contributed by atoms with Crippen molar-refractivity contribution in [1.29, 1.82) is 0 Å². The lowest BCUT2D eigenvalue weighted by Crippen LogP contribution is -2.23. The molecule has 1 atom stereocenters. The van der Waals surface area contributed by atoms with Crippen LogP contribution >= 0.6 is 23.4 Å². The largest absolute Gasteiger partial charge is 0.496 e. The van der Waals surface area contributed by atoms with Gasteiger partial charge in [0.2, 0.25) is 0 Å². The molecule has 16 heavy (non-hydrogen) atoms. The zero-order valence-electron chi connectivity index (χ0n) is 9.25. The van der Waals surface area contributed by atoms with Crippen LogP contribution in [0, 0.1) is 0 Å². The molecule has 86 valence electrons. The van der Waals surface area contributed by atoms with Gasteiger partial charge in [-0.1, -0.05) is 18.5 Å². The molecular weight excluding hydrogens is 244 g/mol. The molecular formula is C12H13ClO2S. The van der Waals surface area contributed by atoms with Crippen molar-refractivity contribution >= 4 is 29.1 Å². The van der Waals surface area contributed by atoms with Gasteiger partial charge in [-0.05, 0) is 18.6 Å². The van der Waals surface area contributed by atoms with Crippen molar-refractivity contribution in [2.75, 3.05) is 7.11 Å². The lowest BCUT2D eigenvalue weighted by Gasteiger charge is -2.24. The number of thioether (sulfide) groups is 1. The van der Waals surface area contributed by atoms with E-state index in [1.54, 1.807) is 24.9 Å². The van der Waals surface area contributed by atoms with Crippen molar-refractivity contribution in [3.05, 3.63) is 28.3 Å². The fourth-order valence-electron chi connectivity index (χ4n) is 1.92. The number of carbonyl (C=O) groups excluding carboxylic acids is 1. The summed E-state index contributed by atoms with van der Waals surface area (Å²) in [5, 5.41) is 0.580. The number of carbonyl (C=O) groups is 1. The monoisotopic (exact) mass is 256 g/mol. The topological polar surface area (TPSA) is 26.3 Å². The van der Waals surface area contributed by atoms with Crippen LogP contribution in [0.4, 0.5) is 0 Å². The molecule has 1 unspecified atom stereocenters. The average molecular weight is 257 g/mol. The van der Waals surface area contributed by atoms with Gasteiger partial charge in [-0.15, -0.1) is 11.8 Å². The van der Waals surface area contributed by atoms with Crippen LogP contribution in [-0.2, 0) is 5.75 Å². The first-order chi connectivity index (χ1) is 7.69. The molecule has 0 fully saturated rings. The highest BCUT2D eigenvalue weighted by Crippen LogP contribution is 2.39. The van der Waals surface area contributed by atoms with Crippen LogP contribution in [0.2, 0.25) is 5.02 Å². The molecule has 0 N–H and O–H groups in total. The van der Waals surface area contributed by atoms with Crippen molar-refractivity contribution in [2.24, 2.45) is 0 Å². The Bertz CT molecular complexity index is 431. The van der Waals surface area contributed by atoms with Gasteiger partial charge in [0.25, 0.3) is 0 Å². The molecule has 0 aromatic heterocycles. The molecule has 2 nitrogen and oxygen atoms in total. The second-order valence-electron chi connectivity index (χ2n) is 3.68. The second kappa shape index (κ2) is 4.68. The Morgan fingerprint density at radius 1 is 1.56 bits per heavy atom. The van der Waals surface area contributed by atoms with Gasteiger partial charge in [-0.25, -0.2) is 0 Å². The summed E-state index contributed by atoms with van der Waals surface area (Å²) >= 11 is 7.77. The molecule has 1 aliphatic heterocycles. The fourth-order valence-corrected chi connectivity index (χ4v) is 3.35. The first kappa shape index (κ1) is 11.8. The molecule has 0 bridgehead atoms. The Labute approximate surface area is 104 Å². The van der Waals surface area contributed by atoms with Crippen molar-refractivity contribution < 1.29 is 9.53 Å². The van der Waals surface area contributed by atoms with Gasteiger partial charge in [0.15, 0.2) is 5.78 Å². The Hall–Kier alpha value is -0.670. The van der Waals surface area contributed by atoms with Crippen LogP contribution in [0.5, 0.6) is 5.75 Å². The SMILES string of the molecule is CCC1SCc2c(OC)ccc(Cl)c2C1=O. The van der Waals surface area contributed by atoms with E-state index in [-0.39, 0.29) is 11.0 Å². The van der Waals surface area contributed by atoms with Crippen LogP contribution in [0.15, 0.2) is 12.1 Å². The number of fused-ring (bicyclic) bond motifs is 1. The normalized spacial score (nSPS) is 19.4. The zero-order valence-corrected chi connectivity index (χ0v) is 10.8. The molecule has 1 heterocycles. The summed E-state index contributed by atoms with van der Waals surface area (Å²) in [7, 11) is 1.62. The van der Waals surface area contributed by atoms with Gasteiger partial charge in [-0.3, -0.25) is 4.79 Å². The molecule has 0 amide bonds. The number of rotatable bonds is 2. The number of halogens is 1. The minimum absolute atomic E-state index is 0.0390. The molecule has 0 spiro atoms. The third-order valence-electron chi connectivity index (χ3n) is 2.78. The van der Waals surface area contributed by atoms with E-state index < -0.39 is 0 Å². The Morgan fingerprint density at radius 2 is 2.31 bits per heavy atom. The maximum atomic E-state index is 12.2. The molecule has 4 heteroatoms. The lowest BCUT2D eigenvalue weighted by molar-refractivity contribution is 0.0985. The van der Waals surface area contributed by atoms with Gasteiger partial charge in [0.05, 0.1) is 17.4 Å². The Morgan fingerprint density at radius 3 is 2.94 bits per heavy atom. The minimum Gasteiger partial charge on any atom is -0.496 e. The fraction of sp³-hybridized carbons (Fsp3) is 0.417. The molecule has 0 saturated heterocycles. The maximum absolute atomic E-state index is 12.2. The molecule has 0 saturated carbocycles. The van der Waals surface area contributed by atoms with Gasteiger partial charge in [-0.2, -0.15) is 0 Å². The van der Waals surface area contributed by atoms with Gasteiger partial charge < -0.3 is 4.74 Å². The first-order valence-corrected chi connectivity index (χ1v) is 6.62. The average Bonchev–Trinajstić information content (AvgIpc) is 2.30. The van der Waals surface area contributed by atoms with Crippen molar-refractivity contribution in [3.8, 4) is 5.75 Å². The minimum atomic E-state index is 0.0390. The van der Waals surface area contributed by atoms with Crippen LogP contribution in [0.3, 0.4) is 0 Å². The number of methoxy groups -OCH3 is 1. The molecule has 0 aliphatic carbocycles. The zero-order chi connectivity index (χ0) is 11.7. The van der Waals surface area contributed by atoms with E-state index in [0.29, 0.717) is 10.6 Å². The van der Waals surface area contributed by atoms with Crippen LogP contribution in [0.1, 0.15) is 29.3 Å². The summed E-state index contributed by atoms with van der Waals surface area (Å²) in [5.74, 6) is 1.69. The molecule has 1 aromatic rings. The molecule has 1 aliphatic rings. The van der Waals surface area contributed by atoms with Crippen LogP contribution in [-0.4, -0.2) is 18.1 Å². The summed E-state index contributed by atoms with van der Waals surface area (Å²) in [6, 6.07) is 3.56. The predicted octanol–water partition coefficient (Wildman–Crippen LogP) is 3.56. The van der Waals surface area contributed by atoms with Gasteiger partial charge in [0, 0.05) is 16.9 Å². The van der Waals surface area contributed by atoms with Crippen molar-refractivity contribution in [1.82, 2.24) is 0 Å². The van der Waals surface area contributed by atoms with Crippen LogP contribution < -0.4 is 4.74 Å². The second-order valence-corrected chi connectivity index (χ2v) is 5.27. The summed E-state index contributed by atoms with van der Waals surface area (Å²) in [6.07, 6.45) is 0.844. The number of hydrogen-bond acceptors (Lipinski definition) is 3. The highest BCUT2D eigenvalue weighted by molar-refractivity contribution is 8.00. The number of benzene rings is 1. The molecule has 1 aromatic carbocycles. The number of ether oxygens (including phenoxy) is 1. The van der Waals surface area contributed by atoms with E-state index in [9.17, 15) is 4.79 Å². The smallest absolute Gasteiger partial charge is 0.177 e. The van der Waals surface area contributed by atoms with Crippen LogP contribution in [0.25, 0.3) is 0 Å². The van der Waals surface area contributed by atoms with E-state index in [0.717, 1.165) is 23.5 Å². The van der Waals surface area contributed by atoms with E-state index in [4.69, 9.17) is 16.3 Å². The highest BCUT2D eigenvalue weighted by Gasteiger charge is 2.30. The van der Waals surface area contributed by atoms with E-state index in [1.807, 2.05) is 13.0 Å². The van der Waals surface area contributed by atoms with Gasteiger partial charge in [0.1, 0.15) is 5.75 Å². The predicted molar refractivity (Wildman–Crippen MR) is 67.7 cm³/mol. The summed E-state index contributed by atoms with van der Waals surface area (Å²) in [5.41, 5.74) is 1.60. The summed E-state index contributed by atoms with van der Waals surface area (Å²) in [4.78, 5) is 12.2. The first-order valence-electron chi connectivity index (χ1n) is 5.20. The third-order valence-corrected chi connectivity index (χ3v) is 4.50. The third kappa shape index (κ3) is 1.82. The standard InChI is InChI=1S/C12H13ClO2S/c1-3-10-12(14)11-7(6-16-10)9(15-2)5-4-8(11)13/h4-5,10H,3,6H2,1-2H3. The highest BCUT2D eigenvalue weighted by atomic mass is 35.5. The lowest BCUT2D eigenvalue weighted by atomic mass is 9.99. The Kier molecular flexibility index (Phi) is 3.45. The van der Waals surface area contributed by atoms with Crippen molar-refractivity contribution in [2.45, 2.75) is 24.3 Å². The summed E-state index contributed by atoms with van der Waals surface area (Å²) < 4.78 is 5.26. The van der Waals surface area contributed by atoms with E-state index >= 15 is 0 Å². The Balaban J connectivity index is 2.54. The van der Waals surface area contributed by atoms with Crippen molar-refractivity contribution in [3.63, 3.8) is 0 Å². The van der Waals surface area contributed by atoms with E-state index in [2.05, 4.69) is 0 Å². The van der Waals surface area contributed by atoms with E-state index in [1.165, 1.54) is 0 Å². The molecule has 0 radical (unpaired) electrons. The number of hydrogen-bond donors (Lipinski definition) is 0.